The summed E-state index contributed by atoms with van der Waals surface area (Å²) in [6, 6.07) is -2.71. The number of Topliss-reactive ketones (excluding diaryl/α,β-unsaturated/α-hetero) is 1. The van der Waals surface area contributed by atoms with Crippen molar-refractivity contribution in [1.82, 2.24) is 0 Å². The summed E-state index contributed by atoms with van der Waals surface area (Å²) in [4.78, 5) is 77.6. The Morgan fingerprint density at radius 1 is 0.704 bits per heavy atom. The van der Waals surface area contributed by atoms with Crippen molar-refractivity contribution in [1.29, 1.82) is 0 Å². The highest BCUT2D eigenvalue weighted by Crippen LogP contribution is 2.02. The first-order chi connectivity index (χ1) is 12.4. The molecule has 0 fully saturated rings. The molecule has 0 aromatic rings. The van der Waals surface area contributed by atoms with Gasteiger partial charge < -0.3 is 31.2 Å². The van der Waals surface area contributed by atoms with Gasteiger partial charge in [0.1, 0.15) is 18.5 Å². The summed E-state index contributed by atoms with van der Waals surface area (Å²) in [6.07, 6.45) is -2.92. The standard InChI is InChI=1S/C14H18N2O11/c15-6(12(21)22)1-3-9(18)26-11(20)5-8(17)14(25)27-10(19)4-2-7(16)13(23)24/h6-7H,1-5,15-16H2,(H,21,22)(H,23,24)/t6-,7-/m0/s1. The van der Waals surface area contributed by atoms with Crippen LogP contribution in [0.1, 0.15) is 32.1 Å². The summed E-state index contributed by atoms with van der Waals surface area (Å²) in [5, 5.41) is 17.0. The SMILES string of the molecule is N[C@@H](CCC(=O)OC(=O)CC(=O)C(=O)OC(=O)CC[C@H](N)C(=O)O)C(=O)O. The van der Waals surface area contributed by atoms with Crippen LogP contribution >= 0.6 is 0 Å². The number of nitrogens with two attached hydrogens (primary N) is 2. The fraction of sp³-hybridized carbons (Fsp3) is 0.500. The van der Waals surface area contributed by atoms with Gasteiger partial charge in [-0.1, -0.05) is 0 Å². The van der Waals surface area contributed by atoms with Gasteiger partial charge in [0.25, 0.3) is 5.78 Å². The van der Waals surface area contributed by atoms with E-state index in [1.165, 1.54) is 0 Å². The summed E-state index contributed by atoms with van der Waals surface area (Å²) in [6.45, 7) is 0. The predicted molar refractivity (Wildman–Crippen MR) is 81.5 cm³/mol. The van der Waals surface area contributed by atoms with E-state index in [1.54, 1.807) is 0 Å². The lowest BCUT2D eigenvalue weighted by atomic mass is 10.2. The van der Waals surface area contributed by atoms with E-state index >= 15 is 0 Å². The molecule has 0 aromatic carbocycles. The number of carboxylic acid groups (broad SMARTS) is 2. The van der Waals surface area contributed by atoms with Crippen molar-refractivity contribution in [3.8, 4) is 0 Å². The Hall–Kier alpha value is -3.19. The maximum absolute atomic E-state index is 11.4. The van der Waals surface area contributed by atoms with E-state index < -0.39 is 72.9 Å². The van der Waals surface area contributed by atoms with Gasteiger partial charge in [-0.3, -0.25) is 28.8 Å². The predicted octanol–water partition coefficient (Wildman–Crippen LogP) is -2.53. The minimum atomic E-state index is -1.69. The Morgan fingerprint density at radius 2 is 1.11 bits per heavy atom. The van der Waals surface area contributed by atoms with Crippen LogP contribution in [0, 0.1) is 0 Å². The minimum absolute atomic E-state index is 0.315. The second kappa shape index (κ2) is 11.4. The molecule has 150 valence electrons. The zero-order valence-electron chi connectivity index (χ0n) is 13.9. The zero-order chi connectivity index (χ0) is 21.1. The third-order valence-corrected chi connectivity index (χ3v) is 2.92. The van der Waals surface area contributed by atoms with Gasteiger partial charge in [-0.2, -0.15) is 0 Å². The molecule has 13 nitrogen and oxygen atoms in total. The normalized spacial score (nSPS) is 12.4. The molecule has 27 heavy (non-hydrogen) atoms. The van der Waals surface area contributed by atoms with Crippen LogP contribution < -0.4 is 11.5 Å². The smallest absolute Gasteiger partial charge is 0.382 e. The lowest BCUT2D eigenvalue weighted by Crippen LogP contribution is -2.32. The molecule has 13 heteroatoms. The molecule has 0 aliphatic rings. The van der Waals surface area contributed by atoms with Crippen LogP contribution in [0.2, 0.25) is 0 Å². The third-order valence-electron chi connectivity index (χ3n) is 2.92. The molecular weight excluding hydrogens is 372 g/mol. The summed E-state index contributed by atoms with van der Waals surface area (Å²) in [7, 11) is 0. The number of hydrogen-bond acceptors (Lipinski definition) is 11. The minimum Gasteiger partial charge on any atom is -0.480 e. The molecule has 0 saturated carbocycles. The molecule has 0 radical (unpaired) electrons. The number of carbonyl (C=O) groups excluding carboxylic acids is 5. The molecule has 0 aromatic heterocycles. The van der Waals surface area contributed by atoms with E-state index in [0.717, 1.165) is 0 Å². The molecule has 0 bridgehead atoms. The van der Waals surface area contributed by atoms with Crippen LogP contribution in [0.15, 0.2) is 0 Å². The molecular formula is C14H18N2O11. The number of ether oxygens (including phenoxy) is 2. The Labute approximate surface area is 151 Å². The van der Waals surface area contributed by atoms with Gasteiger partial charge in [-0.15, -0.1) is 0 Å². The van der Waals surface area contributed by atoms with Crippen molar-refractivity contribution in [3.63, 3.8) is 0 Å². The number of esters is 4. The van der Waals surface area contributed by atoms with Gasteiger partial charge in [-0.25, -0.2) is 4.79 Å². The maximum Gasteiger partial charge on any atom is 0.382 e. The quantitative estimate of drug-likeness (QED) is 0.162. The fourth-order valence-corrected chi connectivity index (χ4v) is 1.42. The van der Waals surface area contributed by atoms with E-state index in [4.69, 9.17) is 21.7 Å². The number of carboxylic acids is 2. The molecule has 2 atom stereocenters. The van der Waals surface area contributed by atoms with Crippen molar-refractivity contribution in [2.75, 3.05) is 0 Å². The largest absolute Gasteiger partial charge is 0.480 e. The van der Waals surface area contributed by atoms with Crippen LogP contribution in [0.4, 0.5) is 0 Å². The van der Waals surface area contributed by atoms with Crippen LogP contribution in [-0.4, -0.2) is 63.9 Å². The Balaban J connectivity index is 4.27. The van der Waals surface area contributed by atoms with Crippen molar-refractivity contribution in [2.45, 2.75) is 44.2 Å². The van der Waals surface area contributed by atoms with E-state index in [9.17, 15) is 33.6 Å². The van der Waals surface area contributed by atoms with Crippen LogP contribution in [0.25, 0.3) is 0 Å². The Kier molecular flexibility index (Phi) is 10.1. The highest BCUT2D eigenvalue weighted by molar-refractivity contribution is 6.38. The highest BCUT2D eigenvalue weighted by atomic mass is 16.6. The number of carbonyl (C=O) groups is 7. The van der Waals surface area contributed by atoms with E-state index in [-0.39, 0.29) is 12.8 Å². The molecule has 0 aliphatic heterocycles. The first kappa shape index (κ1) is 23.8. The molecule has 6 N–H and O–H groups in total. The van der Waals surface area contributed by atoms with Gasteiger partial charge in [0, 0.05) is 12.8 Å². The van der Waals surface area contributed by atoms with Crippen LogP contribution in [-0.2, 0) is 43.0 Å². The Morgan fingerprint density at radius 3 is 1.52 bits per heavy atom. The first-order valence-corrected chi connectivity index (χ1v) is 7.42. The summed E-state index contributed by atoms with van der Waals surface area (Å²) in [5.74, 6) is -9.70. The molecule has 0 saturated heterocycles. The first-order valence-electron chi connectivity index (χ1n) is 7.42. The van der Waals surface area contributed by atoms with Gasteiger partial charge in [0.05, 0.1) is 0 Å². The van der Waals surface area contributed by atoms with Crippen molar-refractivity contribution in [3.05, 3.63) is 0 Å². The molecule has 0 unspecified atom stereocenters. The van der Waals surface area contributed by atoms with Crippen molar-refractivity contribution in [2.24, 2.45) is 11.5 Å². The number of hydrogen-bond donors (Lipinski definition) is 4. The van der Waals surface area contributed by atoms with E-state index in [1.807, 2.05) is 0 Å². The number of ketones is 1. The topological polar surface area (TPSA) is 230 Å². The summed E-state index contributed by atoms with van der Waals surface area (Å²) >= 11 is 0. The molecule has 0 aliphatic carbocycles. The van der Waals surface area contributed by atoms with Crippen LogP contribution in [0.3, 0.4) is 0 Å². The van der Waals surface area contributed by atoms with E-state index in [0.29, 0.717) is 0 Å². The zero-order valence-corrected chi connectivity index (χ0v) is 13.9. The lowest BCUT2D eigenvalue weighted by Gasteiger charge is -2.06. The monoisotopic (exact) mass is 390 g/mol. The maximum atomic E-state index is 11.4. The van der Waals surface area contributed by atoms with Gasteiger partial charge in [0.15, 0.2) is 0 Å². The molecule has 0 amide bonds. The average molecular weight is 390 g/mol. The molecule has 0 spiro atoms. The van der Waals surface area contributed by atoms with Gasteiger partial charge >= 0.3 is 35.8 Å². The number of rotatable bonds is 11. The fourth-order valence-electron chi connectivity index (χ4n) is 1.42. The molecule has 0 rings (SSSR count). The highest BCUT2D eigenvalue weighted by Gasteiger charge is 2.25. The van der Waals surface area contributed by atoms with Crippen molar-refractivity contribution >= 4 is 41.6 Å². The summed E-state index contributed by atoms with van der Waals surface area (Å²) < 4.78 is 8.29. The second-order valence-electron chi connectivity index (χ2n) is 5.17. The molecule has 0 heterocycles. The van der Waals surface area contributed by atoms with E-state index in [2.05, 4.69) is 9.47 Å². The lowest BCUT2D eigenvalue weighted by molar-refractivity contribution is -0.168. The van der Waals surface area contributed by atoms with Gasteiger partial charge in [-0.05, 0) is 12.8 Å². The third kappa shape index (κ3) is 10.4. The second-order valence-corrected chi connectivity index (χ2v) is 5.17. The average Bonchev–Trinajstić information content (AvgIpc) is 2.56. The summed E-state index contributed by atoms with van der Waals surface area (Å²) in [5.41, 5.74) is 10.3. The Bertz CT molecular complexity index is 643. The van der Waals surface area contributed by atoms with Gasteiger partial charge in [0.2, 0.25) is 0 Å². The van der Waals surface area contributed by atoms with Crippen LogP contribution in [0.5, 0.6) is 0 Å². The van der Waals surface area contributed by atoms with Crippen molar-refractivity contribution < 1.29 is 53.2 Å². The number of aliphatic carboxylic acids is 2.